The second-order valence-electron chi connectivity index (χ2n) is 5.93. The predicted molar refractivity (Wildman–Crippen MR) is 83.6 cm³/mol. The number of aryl methyl sites for hydroxylation is 2. The molecule has 20 heavy (non-hydrogen) atoms. The maximum Gasteiger partial charge on any atom is 0.132 e. The molecule has 0 radical (unpaired) electrons. The molecule has 0 saturated carbocycles. The number of rotatable bonds is 3. The van der Waals surface area contributed by atoms with Crippen LogP contribution in [-0.4, -0.2) is 21.3 Å². The first-order valence-electron chi connectivity index (χ1n) is 6.90. The molecule has 1 fully saturated rings. The van der Waals surface area contributed by atoms with Gasteiger partial charge in [-0.3, -0.25) is 4.21 Å². The summed E-state index contributed by atoms with van der Waals surface area (Å²) in [6.45, 7) is 9.95. The highest BCUT2D eigenvalue weighted by atomic mass is 32.2. The van der Waals surface area contributed by atoms with Gasteiger partial charge in [0.15, 0.2) is 0 Å². The Morgan fingerprint density at radius 1 is 1.30 bits per heavy atom. The largest absolute Gasteiger partial charge is 0.380 e. The van der Waals surface area contributed by atoms with Crippen LogP contribution in [0.3, 0.4) is 0 Å². The van der Waals surface area contributed by atoms with E-state index in [4.69, 9.17) is 0 Å². The highest BCUT2D eigenvalue weighted by Gasteiger charge is 2.30. The first kappa shape index (κ1) is 15.2. The van der Waals surface area contributed by atoms with Gasteiger partial charge in [-0.1, -0.05) is 6.58 Å². The van der Waals surface area contributed by atoms with Crippen molar-refractivity contribution in [3.8, 4) is 0 Å². The molecule has 2 rings (SSSR count). The Kier molecular flexibility index (Phi) is 4.33. The molecular weight excluding hydrogens is 273 g/mol. The molecule has 0 atom stereocenters. The monoisotopic (exact) mass is 295 g/mol. The summed E-state index contributed by atoms with van der Waals surface area (Å²) < 4.78 is 25.5. The molecule has 1 aliphatic heterocycles. The summed E-state index contributed by atoms with van der Waals surface area (Å²) in [4.78, 5) is 0. The third-order valence-electron chi connectivity index (χ3n) is 4.12. The molecule has 1 heterocycles. The molecule has 110 valence electrons. The Balaban J connectivity index is 2.16. The van der Waals surface area contributed by atoms with Crippen molar-refractivity contribution in [2.75, 3.05) is 11.5 Å². The van der Waals surface area contributed by atoms with E-state index in [2.05, 4.69) is 18.8 Å². The third-order valence-corrected chi connectivity index (χ3v) is 5.44. The van der Waals surface area contributed by atoms with Crippen LogP contribution in [0.25, 0.3) is 5.70 Å². The minimum atomic E-state index is -0.701. The van der Waals surface area contributed by atoms with E-state index in [1.807, 2.05) is 19.9 Å². The standard InChI is InChI=1S/C16H22FNOS/c1-11-9-14(15(17)10-12(11)2)13(3)18-16(4)5-7-20(19)8-6-16/h9-10,18H,3,5-8H2,1-2,4H3. The van der Waals surface area contributed by atoms with Crippen LogP contribution in [0.2, 0.25) is 0 Å². The Bertz CT molecular complexity index is 558. The molecule has 2 nitrogen and oxygen atoms in total. The van der Waals surface area contributed by atoms with Gasteiger partial charge in [0.25, 0.3) is 0 Å². The quantitative estimate of drug-likeness (QED) is 0.927. The zero-order chi connectivity index (χ0) is 14.9. The van der Waals surface area contributed by atoms with Gasteiger partial charge >= 0.3 is 0 Å². The Hall–Kier alpha value is -1.16. The van der Waals surface area contributed by atoms with E-state index in [-0.39, 0.29) is 11.4 Å². The number of hydrogen-bond acceptors (Lipinski definition) is 2. The summed E-state index contributed by atoms with van der Waals surface area (Å²) in [6.07, 6.45) is 1.65. The lowest BCUT2D eigenvalue weighted by atomic mass is 9.93. The van der Waals surface area contributed by atoms with Crippen molar-refractivity contribution in [1.82, 2.24) is 5.32 Å². The van der Waals surface area contributed by atoms with Crippen molar-refractivity contribution in [1.29, 1.82) is 0 Å². The first-order chi connectivity index (χ1) is 9.31. The van der Waals surface area contributed by atoms with Crippen LogP contribution in [0, 0.1) is 19.7 Å². The van der Waals surface area contributed by atoms with E-state index in [9.17, 15) is 8.60 Å². The molecule has 0 aliphatic carbocycles. The highest BCUT2D eigenvalue weighted by Crippen LogP contribution is 2.26. The maximum absolute atomic E-state index is 14.1. The normalized spacial score (nSPS) is 26.3. The van der Waals surface area contributed by atoms with Gasteiger partial charge in [-0.15, -0.1) is 0 Å². The van der Waals surface area contributed by atoms with Gasteiger partial charge in [-0.05, 0) is 56.9 Å². The fourth-order valence-electron chi connectivity index (χ4n) is 2.47. The van der Waals surface area contributed by atoms with Crippen molar-refractivity contribution in [2.24, 2.45) is 0 Å². The van der Waals surface area contributed by atoms with Gasteiger partial charge in [-0.25, -0.2) is 4.39 Å². The maximum atomic E-state index is 14.1. The topological polar surface area (TPSA) is 29.1 Å². The van der Waals surface area contributed by atoms with E-state index in [1.54, 1.807) is 6.07 Å². The van der Waals surface area contributed by atoms with E-state index >= 15 is 0 Å². The highest BCUT2D eigenvalue weighted by molar-refractivity contribution is 7.85. The third kappa shape index (κ3) is 3.29. The molecule has 1 aromatic carbocycles. The summed E-state index contributed by atoms with van der Waals surface area (Å²) in [5.74, 6) is 1.16. The Morgan fingerprint density at radius 2 is 1.85 bits per heavy atom. The number of halogens is 1. The number of nitrogens with one attached hydrogen (secondary N) is 1. The van der Waals surface area contributed by atoms with Gasteiger partial charge in [0, 0.05) is 39.1 Å². The molecule has 1 aromatic rings. The molecule has 1 aliphatic rings. The van der Waals surface area contributed by atoms with Crippen LogP contribution in [0.5, 0.6) is 0 Å². The van der Waals surface area contributed by atoms with Crippen LogP contribution < -0.4 is 5.32 Å². The minimum absolute atomic E-state index is 0.143. The summed E-state index contributed by atoms with van der Waals surface area (Å²) in [5.41, 5.74) is 3.00. The first-order valence-corrected chi connectivity index (χ1v) is 8.39. The summed E-state index contributed by atoms with van der Waals surface area (Å²) in [7, 11) is -0.701. The lowest BCUT2D eigenvalue weighted by Crippen LogP contribution is -2.46. The van der Waals surface area contributed by atoms with Gasteiger partial charge in [0.2, 0.25) is 0 Å². The number of hydrogen-bond donors (Lipinski definition) is 1. The fourth-order valence-corrected chi connectivity index (χ4v) is 4.03. The molecule has 0 aromatic heterocycles. The predicted octanol–water partition coefficient (Wildman–Crippen LogP) is 3.30. The van der Waals surface area contributed by atoms with E-state index in [1.165, 1.54) is 0 Å². The van der Waals surface area contributed by atoms with Crippen molar-refractivity contribution >= 4 is 16.5 Å². The lowest BCUT2D eigenvalue weighted by Gasteiger charge is -2.36. The molecule has 0 unspecified atom stereocenters. The van der Waals surface area contributed by atoms with Crippen LogP contribution >= 0.6 is 0 Å². The van der Waals surface area contributed by atoms with Crippen molar-refractivity contribution in [2.45, 2.75) is 39.2 Å². The van der Waals surface area contributed by atoms with Crippen molar-refractivity contribution in [3.05, 3.63) is 41.2 Å². The van der Waals surface area contributed by atoms with Crippen LogP contribution in [0.15, 0.2) is 18.7 Å². The Labute approximate surface area is 122 Å². The zero-order valence-electron chi connectivity index (χ0n) is 12.4. The van der Waals surface area contributed by atoms with Crippen LogP contribution in [-0.2, 0) is 10.8 Å². The lowest BCUT2D eigenvalue weighted by molar-refractivity contribution is 0.375. The van der Waals surface area contributed by atoms with Crippen molar-refractivity contribution in [3.63, 3.8) is 0 Å². The second-order valence-corrected chi connectivity index (χ2v) is 7.62. The van der Waals surface area contributed by atoms with Gasteiger partial charge in [-0.2, -0.15) is 0 Å². The van der Waals surface area contributed by atoms with Gasteiger partial charge in [0.05, 0.1) is 0 Å². The van der Waals surface area contributed by atoms with E-state index in [0.29, 0.717) is 22.8 Å². The van der Waals surface area contributed by atoms with Crippen molar-refractivity contribution < 1.29 is 8.60 Å². The van der Waals surface area contributed by atoms with Crippen LogP contribution in [0.1, 0.15) is 36.5 Å². The minimum Gasteiger partial charge on any atom is -0.380 e. The van der Waals surface area contributed by atoms with Gasteiger partial charge < -0.3 is 5.32 Å². The fraction of sp³-hybridized carbons (Fsp3) is 0.500. The SMILES string of the molecule is C=C(NC1(C)CCS(=O)CC1)c1cc(C)c(C)cc1F. The molecule has 1 saturated heterocycles. The zero-order valence-corrected chi connectivity index (χ0v) is 13.2. The molecule has 1 N–H and O–H groups in total. The molecule has 4 heteroatoms. The average molecular weight is 295 g/mol. The Morgan fingerprint density at radius 3 is 2.45 bits per heavy atom. The van der Waals surface area contributed by atoms with Gasteiger partial charge in [0.1, 0.15) is 5.82 Å². The molecule has 0 bridgehead atoms. The molecule has 0 amide bonds. The summed E-state index contributed by atoms with van der Waals surface area (Å²) in [6, 6.07) is 3.39. The average Bonchev–Trinajstić information content (AvgIpc) is 2.37. The van der Waals surface area contributed by atoms with E-state index in [0.717, 1.165) is 24.0 Å². The summed E-state index contributed by atoms with van der Waals surface area (Å²) in [5, 5.41) is 3.35. The summed E-state index contributed by atoms with van der Waals surface area (Å²) >= 11 is 0. The van der Waals surface area contributed by atoms with E-state index < -0.39 is 10.8 Å². The molecule has 0 spiro atoms. The smallest absolute Gasteiger partial charge is 0.132 e. The second kappa shape index (κ2) is 5.68. The molecular formula is C16H22FNOS. The number of benzene rings is 1. The van der Waals surface area contributed by atoms with Crippen LogP contribution in [0.4, 0.5) is 4.39 Å².